The molecule has 0 aromatic heterocycles. The molecule has 0 unspecified atom stereocenters. The highest BCUT2D eigenvalue weighted by atomic mass is 16.5. The molecule has 2 aliphatic heterocycles. The van der Waals surface area contributed by atoms with Gasteiger partial charge in [0.2, 0.25) is 0 Å². The highest BCUT2D eigenvalue weighted by molar-refractivity contribution is 6.23. The van der Waals surface area contributed by atoms with Crippen molar-refractivity contribution in [2.45, 2.75) is 12.8 Å². The first-order valence-electron chi connectivity index (χ1n) is 13.0. The predicted octanol–water partition coefficient (Wildman–Crippen LogP) is 3.11. The first kappa shape index (κ1) is 25.0. The second-order valence-corrected chi connectivity index (χ2v) is 9.37. The number of carbonyl (C=O) groups is 1. The summed E-state index contributed by atoms with van der Waals surface area (Å²) in [4.78, 5) is 18.1. The molecule has 5 rings (SSSR count). The summed E-state index contributed by atoms with van der Waals surface area (Å²) in [5.41, 5.74) is 2.87. The Balaban J connectivity index is 1.25. The molecule has 8 heteroatoms. The SMILES string of the molecule is COc1cc(OCCCN2CCOCC2)cc2c1-c1c(OCCCN3CCOCC3)cccc1C2=O. The van der Waals surface area contributed by atoms with E-state index in [0.717, 1.165) is 95.4 Å². The fraction of sp³-hybridized carbons (Fsp3) is 0.536. The zero-order valence-electron chi connectivity index (χ0n) is 21.1. The highest BCUT2D eigenvalue weighted by Crippen LogP contribution is 2.48. The van der Waals surface area contributed by atoms with E-state index in [2.05, 4.69) is 9.80 Å². The van der Waals surface area contributed by atoms with Crippen molar-refractivity contribution in [1.82, 2.24) is 9.80 Å². The molecule has 36 heavy (non-hydrogen) atoms. The Bertz CT molecular complexity index is 1050. The molecule has 0 spiro atoms. The third-order valence-electron chi connectivity index (χ3n) is 7.03. The van der Waals surface area contributed by atoms with E-state index in [0.29, 0.717) is 35.8 Å². The van der Waals surface area contributed by atoms with Gasteiger partial charge in [0.1, 0.15) is 17.2 Å². The van der Waals surface area contributed by atoms with Crippen molar-refractivity contribution in [3.8, 4) is 28.4 Å². The van der Waals surface area contributed by atoms with Crippen LogP contribution in [0.25, 0.3) is 11.1 Å². The van der Waals surface area contributed by atoms with Crippen molar-refractivity contribution < 1.29 is 28.5 Å². The van der Waals surface area contributed by atoms with E-state index in [1.54, 1.807) is 7.11 Å². The fourth-order valence-electron chi connectivity index (χ4n) is 5.11. The lowest BCUT2D eigenvalue weighted by Crippen LogP contribution is -2.37. The summed E-state index contributed by atoms with van der Waals surface area (Å²) in [5.74, 6) is 1.99. The molecule has 2 aromatic rings. The van der Waals surface area contributed by atoms with Gasteiger partial charge < -0.3 is 23.7 Å². The number of fused-ring (bicyclic) bond motifs is 3. The molecule has 2 heterocycles. The summed E-state index contributed by atoms with van der Waals surface area (Å²) in [7, 11) is 1.63. The van der Waals surface area contributed by atoms with Crippen molar-refractivity contribution in [2.75, 3.05) is 86.0 Å². The maximum atomic E-state index is 13.3. The van der Waals surface area contributed by atoms with Crippen LogP contribution in [-0.4, -0.2) is 102 Å². The van der Waals surface area contributed by atoms with E-state index >= 15 is 0 Å². The first-order chi connectivity index (χ1) is 17.7. The van der Waals surface area contributed by atoms with Gasteiger partial charge in [0.05, 0.1) is 46.8 Å². The molecule has 2 fully saturated rings. The Kier molecular flexibility index (Phi) is 8.38. The van der Waals surface area contributed by atoms with Gasteiger partial charge in [0.25, 0.3) is 0 Å². The van der Waals surface area contributed by atoms with Crippen LogP contribution in [0.4, 0.5) is 0 Å². The molecule has 3 aliphatic rings. The molecule has 8 nitrogen and oxygen atoms in total. The van der Waals surface area contributed by atoms with E-state index in [1.807, 2.05) is 30.3 Å². The number of ketones is 1. The van der Waals surface area contributed by atoms with E-state index in [4.69, 9.17) is 23.7 Å². The standard InChI is InChI=1S/C28H36N2O6/c1-32-25-20-21(35-13-3-7-29-9-15-33-16-10-29)19-23-27(25)26-22(28(23)31)5-2-6-24(26)36-14-4-8-30-11-17-34-18-12-30/h2,5-6,19-20H,3-4,7-18H2,1H3. The van der Waals surface area contributed by atoms with E-state index in [1.165, 1.54) is 0 Å². The minimum atomic E-state index is -0.0177. The van der Waals surface area contributed by atoms with Crippen LogP contribution in [0.1, 0.15) is 28.8 Å². The number of nitrogens with zero attached hydrogens (tertiary/aromatic N) is 2. The second-order valence-electron chi connectivity index (χ2n) is 9.37. The maximum Gasteiger partial charge on any atom is 0.194 e. The number of rotatable bonds is 11. The fourth-order valence-corrected chi connectivity index (χ4v) is 5.11. The lowest BCUT2D eigenvalue weighted by Gasteiger charge is -2.26. The predicted molar refractivity (Wildman–Crippen MR) is 137 cm³/mol. The average molecular weight is 497 g/mol. The van der Waals surface area contributed by atoms with Gasteiger partial charge in [-0.15, -0.1) is 0 Å². The van der Waals surface area contributed by atoms with Crippen molar-refractivity contribution in [3.05, 3.63) is 41.5 Å². The van der Waals surface area contributed by atoms with Gasteiger partial charge in [-0.25, -0.2) is 0 Å². The van der Waals surface area contributed by atoms with Crippen LogP contribution in [0.5, 0.6) is 17.2 Å². The molecular formula is C28H36N2O6. The lowest BCUT2D eigenvalue weighted by molar-refractivity contribution is 0.0357. The quantitative estimate of drug-likeness (QED) is 0.375. The minimum absolute atomic E-state index is 0.0177. The summed E-state index contributed by atoms with van der Waals surface area (Å²) in [6.45, 7) is 10.2. The number of ether oxygens (including phenoxy) is 5. The van der Waals surface area contributed by atoms with Crippen LogP contribution in [0, 0.1) is 0 Å². The number of hydrogen-bond acceptors (Lipinski definition) is 8. The van der Waals surface area contributed by atoms with Crippen molar-refractivity contribution >= 4 is 5.78 Å². The number of hydrogen-bond donors (Lipinski definition) is 0. The van der Waals surface area contributed by atoms with Crippen LogP contribution in [-0.2, 0) is 9.47 Å². The van der Waals surface area contributed by atoms with Gasteiger partial charge in [-0.2, -0.15) is 0 Å². The largest absolute Gasteiger partial charge is 0.496 e. The zero-order valence-corrected chi connectivity index (χ0v) is 21.1. The second kappa shape index (κ2) is 12.1. The Morgan fingerprint density at radius 2 is 1.39 bits per heavy atom. The molecule has 0 radical (unpaired) electrons. The number of methoxy groups -OCH3 is 1. The molecule has 0 saturated carbocycles. The zero-order chi connectivity index (χ0) is 24.7. The Morgan fingerprint density at radius 3 is 2.03 bits per heavy atom. The van der Waals surface area contributed by atoms with E-state index < -0.39 is 0 Å². The summed E-state index contributed by atoms with van der Waals surface area (Å²) >= 11 is 0. The molecule has 0 amide bonds. The topological polar surface area (TPSA) is 69.7 Å². The molecule has 0 N–H and O–H groups in total. The monoisotopic (exact) mass is 496 g/mol. The average Bonchev–Trinajstić information content (AvgIpc) is 3.22. The molecule has 0 bridgehead atoms. The Hall–Kier alpha value is -2.65. The van der Waals surface area contributed by atoms with Crippen LogP contribution in [0.2, 0.25) is 0 Å². The van der Waals surface area contributed by atoms with Crippen LogP contribution in [0.3, 0.4) is 0 Å². The normalized spacial score (nSPS) is 18.1. The summed E-state index contributed by atoms with van der Waals surface area (Å²) < 4.78 is 28.8. The van der Waals surface area contributed by atoms with Gasteiger partial charge >= 0.3 is 0 Å². The molecular weight excluding hydrogens is 460 g/mol. The van der Waals surface area contributed by atoms with Gasteiger partial charge in [0, 0.05) is 67.6 Å². The third kappa shape index (κ3) is 5.67. The van der Waals surface area contributed by atoms with E-state index in [9.17, 15) is 4.79 Å². The summed E-state index contributed by atoms with van der Waals surface area (Å²) in [6, 6.07) is 9.41. The van der Waals surface area contributed by atoms with Crippen molar-refractivity contribution in [1.29, 1.82) is 0 Å². The van der Waals surface area contributed by atoms with Crippen LogP contribution < -0.4 is 14.2 Å². The van der Waals surface area contributed by atoms with Gasteiger partial charge in [-0.1, -0.05) is 12.1 Å². The van der Waals surface area contributed by atoms with E-state index in [-0.39, 0.29) is 5.78 Å². The molecule has 2 saturated heterocycles. The van der Waals surface area contributed by atoms with Gasteiger partial charge in [0.15, 0.2) is 5.78 Å². The van der Waals surface area contributed by atoms with Crippen molar-refractivity contribution in [3.63, 3.8) is 0 Å². The Morgan fingerprint density at radius 1 is 0.778 bits per heavy atom. The summed E-state index contributed by atoms with van der Waals surface area (Å²) in [5, 5.41) is 0. The van der Waals surface area contributed by atoms with Gasteiger partial charge in [-0.3, -0.25) is 14.6 Å². The number of benzene rings is 2. The lowest BCUT2D eigenvalue weighted by atomic mass is 10.0. The highest BCUT2D eigenvalue weighted by Gasteiger charge is 2.33. The molecule has 0 atom stereocenters. The van der Waals surface area contributed by atoms with Crippen LogP contribution >= 0.6 is 0 Å². The third-order valence-corrected chi connectivity index (χ3v) is 7.03. The van der Waals surface area contributed by atoms with Gasteiger partial charge in [-0.05, 0) is 25.0 Å². The first-order valence-corrected chi connectivity index (χ1v) is 13.0. The number of carbonyl (C=O) groups excluding carboxylic acids is 1. The summed E-state index contributed by atoms with van der Waals surface area (Å²) in [6.07, 6.45) is 1.83. The molecule has 194 valence electrons. The van der Waals surface area contributed by atoms with Crippen molar-refractivity contribution in [2.24, 2.45) is 0 Å². The molecule has 1 aliphatic carbocycles. The number of morpholine rings is 2. The van der Waals surface area contributed by atoms with Crippen LogP contribution in [0.15, 0.2) is 30.3 Å². The Labute approximate surface area is 213 Å². The minimum Gasteiger partial charge on any atom is -0.496 e. The molecule has 2 aromatic carbocycles. The maximum absolute atomic E-state index is 13.3. The smallest absolute Gasteiger partial charge is 0.194 e.